The molecule has 1 unspecified atom stereocenters. The maximum Gasteiger partial charge on any atom is 0.303 e. The lowest BCUT2D eigenvalue weighted by Crippen LogP contribution is -2.42. The maximum atomic E-state index is 11.8. The molecule has 1 saturated carbocycles. The zero-order valence-electron chi connectivity index (χ0n) is 11.9. The summed E-state index contributed by atoms with van der Waals surface area (Å²) in [7, 11) is 0. The first-order chi connectivity index (χ1) is 8.97. The average Bonchev–Trinajstić information content (AvgIpc) is 2.36. The van der Waals surface area contributed by atoms with Gasteiger partial charge in [0.2, 0.25) is 5.91 Å². The fourth-order valence-corrected chi connectivity index (χ4v) is 3.58. The molecule has 1 aliphatic rings. The van der Waals surface area contributed by atoms with Gasteiger partial charge in [0.15, 0.2) is 0 Å². The van der Waals surface area contributed by atoms with E-state index in [1.54, 1.807) is 6.92 Å². The molecule has 1 rings (SSSR count). The number of carbonyl (C=O) groups excluding carboxylic acids is 1. The molecule has 4 nitrogen and oxygen atoms in total. The number of hydrogen-bond acceptors (Lipinski definition) is 3. The van der Waals surface area contributed by atoms with Crippen molar-refractivity contribution in [3.05, 3.63) is 0 Å². The summed E-state index contributed by atoms with van der Waals surface area (Å²) in [5, 5.41) is 11.7. The molecule has 110 valence electrons. The Morgan fingerprint density at radius 3 is 2.42 bits per heavy atom. The van der Waals surface area contributed by atoms with E-state index >= 15 is 0 Å². The Morgan fingerprint density at radius 1 is 1.26 bits per heavy atom. The topological polar surface area (TPSA) is 66.4 Å². The third-order valence-electron chi connectivity index (χ3n) is 3.86. The van der Waals surface area contributed by atoms with Crippen molar-refractivity contribution in [3.8, 4) is 0 Å². The van der Waals surface area contributed by atoms with E-state index in [9.17, 15) is 9.59 Å². The zero-order valence-corrected chi connectivity index (χ0v) is 12.7. The first-order valence-corrected chi connectivity index (χ1v) is 8.23. The fourth-order valence-electron chi connectivity index (χ4n) is 2.67. The normalized spacial score (nSPS) is 19.7. The van der Waals surface area contributed by atoms with Gasteiger partial charge in [-0.3, -0.25) is 9.59 Å². The van der Waals surface area contributed by atoms with Crippen LogP contribution in [0, 0.1) is 5.92 Å². The van der Waals surface area contributed by atoms with Crippen LogP contribution in [0.1, 0.15) is 51.9 Å². The van der Waals surface area contributed by atoms with Gasteiger partial charge in [0.25, 0.3) is 0 Å². The van der Waals surface area contributed by atoms with Crippen LogP contribution in [-0.4, -0.2) is 34.5 Å². The van der Waals surface area contributed by atoms with Crippen LogP contribution in [0.15, 0.2) is 0 Å². The summed E-state index contributed by atoms with van der Waals surface area (Å²) < 4.78 is 0.198. The van der Waals surface area contributed by atoms with E-state index in [1.165, 1.54) is 32.1 Å². The molecule has 0 saturated heterocycles. The average molecular weight is 287 g/mol. The number of rotatable bonds is 7. The van der Waals surface area contributed by atoms with Gasteiger partial charge in [-0.25, -0.2) is 0 Å². The van der Waals surface area contributed by atoms with Gasteiger partial charge < -0.3 is 10.4 Å². The first kappa shape index (κ1) is 16.3. The molecule has 1 aliphatic carbocycles. The molecule has 0 aromatic carbocycles. The summed E-state index contributed by atoms with van der Waals surface area (Å²) in [6.07, 6.45) is 8.59. The number of hydrogen-bond donors (Lipinski definition) is 2. The maximum absolute atomic E-state index is 11.8. The third-order valence-corrected chi connectivity index (χ3v) is 5.28. The largest absolute Gasteiger partial charge is 0.481 e. The molecule has 0 aromatic rings. The minimum absolute atomic E-state index is 0.0206. The predicted octanol–water partition coefficient (Wildman–Crippen LogP) is 2.67. The van der Waals surface area contributed by atoms with Crippen LogP contribution in [-0.2, 0) is 9.59 Å². The first-order valence-electron chi connectivity index (χ1n) is 7.01. The van der Waals surface area contributed by atoms with Crippen LogP contribution in [0.3, 0.4) is 0 Å². The number of amides is 1. The lowest BCUT2D eigenvalue weighted by atomic mass is 9.88. The van der Waals surface area contributed by atoms with Crippen molar-refractivity contribution in [1.29, 1.82) is 0 Å². The molecule has 1 amide bonds. The van der Waals surface area contributed by atoms with Crippen LogP contribution >= 0.6 is 11.8 Å². The van der Waals surface area contributed by atoms with Crippen molar-refractivity contribution in [1.82, 2.24) is 5.32 Å². The molecular weight excluding hydrogens is 262 g/mol. The second kappa shape index (κ2) is 7.78. The molecule has 2 N–H and O–H groups in total. The summed E-state index contributed by atoms with van der Waals surface area (Å²) in [4.78, 5) is 22.4. The van der Waals surface area contributed by atoms with E-state index < -0.39 is 5.97 Å². The summed E-state index contributed by atoms with van der Waals surface area (Å²) in [5.41, 5.74) is 0. The van der Waals surface area contributed by atoms with Crippen LogP contribution in [0.5, 0.6) is 0 Å². The second-order valence-corrected chi connectivity index (χ2v) is 6.91. The highest BCUT2D eigenvalue weighted by molar-refractivity contribution is 8.00. The number of aliphatic carboxylic acids is 1. The number of carboxylic acid groups (broad SMARTS) is 1. The van der Waals surface area contributed by atoms with Gasteiger partial charge in [-0.1, -0.05) is 26.2 Å². The van der Waals surface area contributed by atoms with Crippen molar-refractivity contribution in [2.75, 3.05) is 12.8 Å². The molecule has 1 fully saturated rings. The lowest BCUT2D eigenvalue weighted by Gasteiger charge is -2.36. The highest BCUT2D eigenvalue weighted by Gasteiger charge is 2.31. The van der Waals surface area contributed by atoms with Crippen LogP contribution in [0.25, 0.3) is 0 Å². The van der Waals surface area contributed by atoms with Crippen molar-refractivity contribution < 1.29 is 14.7 Å². The second-order valence-electron chi connectivity index (χ2n) is 5.63. The van der Waals surface area contributed by atoms with Gasteiger partial charge in [0.1, 0.15) is 0 Å². The molecule has 0 radical (unpaired) electrons. The molecule has 0 heterocycles. The molecule has 0 aromatic heterocycles. The summed E-state index contributed by atoms with van der Waals surface area (Å²) in [6, 6.07) is 0. The van der Waals surface area contributed by atoms with Crippen LogP contribution in [0.2, 0.25) is 0 Å². The molecule has 19 heavy (non-hydrogen) atoms. The van der Waals surface area contributed by atoms with Crippen molar-refractivity contribution in [2.24, 2.45) is 5.92 Å². The number of thioether (sulfide) groups is 1. The predicted molar refractivity (Wildman–Crippen MR) is 78.4 cm³/mol. The molecule has 0 spiro atoms. The monoisotopic (exact) mass is 287 g/mol. The van der Waals surface area contributed by atoms with E-state index in [0.29, 0.717) is 13.0 Å². The summed E-state index contributed by atoms with van der Waals surface area (Å²) in [6.45, 7) is 2.52. The Balaban J connectivity index is 2.33. The van der Waals surface area contributed by atoms with E-state index in [1.807, 2.05) is 11.8 Å². The number of carbonyl (C=O) groups is 2. The van der Waals surface area contributed by atoms with Gasteiger partial charge in [-0.15, -0.1) is 0 Å². The Morgan fingerprint density at radius 2 is 1.89 bits per heavy atom. The van der Waals surface area contributed by atoms with Gasteiger partial charge in [-0.2, -0.15) is 11.8 Å². The molecule has 0 bridgehead atoms. The third kappa shape index (κ3) is 5.85. The molecule has 0 aliphatic heterocycles. The smallest absolute Gasteiger partial charge is 0.303 e. The van der Waals surface area contributed by atoms with E-state index in [-0.39, 0.29) is 23.0 Å². The lowest BCUT2D eigenvalue weighted by molar-refractivity contribution is -0.138. The zero-order chi connectivity index (χ0) is 14.3. The Labute approximate surface area is 119 Å². The van der Waals surface area contributed by atoms with Gasteiger partial charge >= 0.3 is 5.97 Å². The molecule has 5 heteroatoms. The standard InChI is InChI=1S/C14H25NO3S/c1-11(9-13(17)18)8-12(16)15-10-14(19-2)6-4-3-5-7-14/h11H,3-10H2,1-2H3,(H,15,16)(H,17,18). The molecule has 1 atom stereocenters. The summed E-state index contributed by atoms with van der Waals surface area (Å²) in [5.74, 6) is -0.963. The number of nitrogens with one attached hydrogen (secondary N) is 1. The SMILES string of the molecule is CSC1(CNC(=O)CC(C)CC(=O)O)CCCCC1. The van der Waals surface area contributed by atoms with Crippen LogP contribution in [0.4, 0.5) is 0 Å². The van der Waals surface area contributed by atoms with Crippen molar-refractivity contribution >= 4 is 23.6 Å². The fraction of sp³-hybridized carbons (Fsp3) is 0.857. The number of carboxylic acids is 1. The van der Waals surface area contributed by atoms with E-state index in [2.05, 4.69) is 11.6 Å². The van der Waals surface area contributed by atoms with Gasteiger partial charge in [0.05, 0.1) is 0 Å². The Bertz CT molecular complexity index is 314. The Hall–Kier alpha value is -0.710. The van der Waals surface area contributed by atoms with E-state index in [0.717, 1.165) is 0 Å². The van der Waals surface area contributed by atoms with Crippen molar-refractivity contribution in [2.45, 2.75) is 56.6 Å². The highest BCUT2D eigenvalue weighted by atomic mass is 32.2. The van der Waals surface area contributed by atoms with Crippen LogP contribution < -0.4 is 5.32 Å². The minimum atomic E-state index is -0.840. The quantitative estimate of drug-likeness (QED) is 0.755. The van der Waals surface area contributed by atoms with Crippen molar-refractivity contribution in [3.63, 3.8) is 0 Å². The summed E-state index contributed by atoms with van der Waals surface area (Å²) >= 11 is 1.86. The van der Waals surface area contributed by atoms with Gasteiger partial charge in [-0.05, 0) is 25.0 Å². The minimum Gasteiger partial charge on any atom is -0.481 e. The van der Waals surface area contributed by atoms with E-state index in [4.69, 9.17) is 5.11 Å². The highest BCUT2D eigenvalue weighted by Crippen LogP contribution is 2.37. The molecular formula is C14H25NO3S. The van der Waals surface area contributed by atoms with Gasteiger partial charge in [0, 0.05) is 24.1 Å². The Kier molecular flexibility index (Phi) is 6.69.